The van der Waals surface area contributed by atoms with Crippen LogP contribution in [0.15, 0.2) is 42.5 Å². The number of piperidine rings is 1. The van der Waals surface area contributed by atoms with Gasteiger partial charge in [0.1, 0.15) is 6.10 Å². The standard InChI is InChI=1S/C41H58N2O4/c1-28(2)43(37(45)18-14-9-7-5-4-6-8-11-15-29-16-12-10-13-17-29)33-21-20-32-34-25-30-19-22-36(46-3)39-38(30)41(32,40(33)47-39)23-24-42(34)27-31-26-35(31)44/h10,12-13,16-17,19,22,28,31-35,40,44H,4-9,11,14-15,18,20-21,23-27H2,1-3H3/t31?,32-,33+,34+,35?,40-,41-/m0/s1. The van der Waals surface area contributed by atoms with E-state index in [9.17, 15) is 9.90 Å². The molecule has 0 radical (unpaired) electrons. The van der Waals surface area contributed by atoms with Gasteiger partial charge < -0.3 is 19.5 Å². The molecule has 2 aromatic carbocycles. The Hall–Kier alpha value is -2.57. The maximum absolute atomic E-state index is 14.1. The lowest BCUT2D eigenvalue weighted by Gasteiger charge is -2.61. The fourth-order valence-corrected chi connectivity index (χ4v) is 10.3. The molecule has 2 bridgehead atoms. The number of hydrogen-bond donors (Lipinski definition) is 1. The van der Waals surface area contributed by atoms with Gasteiger partial charge in [0.25, 0.3) is 0 Å². The number of aliphatic hydroxyl groups excluding tert-OH is 1. The number of unbranched alkanes of at least 4 members (excludes halogenated alkanes) is 7. The summed E-state index contributed by atoms with van der Waals surface area (Å²) < 4.78 is 13.0. The van der Waals surface area contributed by atoms with Crippen molar-refractivity contribution in [2.75, 3.05) is 20.2 Å². The lowest BCUT2D eigenvalue weighted by molar-refractivity contribution is -0.146. The number of aliphatic hydroxyl groups is 1. The first-order valence-corrected chi connectivity index (χ1v) is 19.1. The maximum atomic E-state index is 14.1. The number of carbonyl (C=O) groups excluding carboxylic acids is 1. The van der Waals surface area contributed by atoms with Crippen LogP contribution in [-0.4, -0.2) is 71.3 Å². The zero-order valence-corrected chi connectivity index (χ0v) is 29.2. The Balaban J connectivity index is 0.966. The molecule has 7 rings (SSSR count). The number of aryl methyl sites for hydroxylation is 1. The summed E-state index contributed by atoms with van der Waals surface area (Å²) in [4.78, 5) is 19.0. The Morgan fingerprint density at radius 3 is 2.45 bits per heavy atom. The second-order valence-electron chi connectivity index (χ2n) is 15.7. The number of carbonyl (C=O) groups is 1. The van der Waals surface area contributed by atoms with Crippen molar-refractivity contribution in [2.24, 2.45) is 11.8 Å². The Labute approximate surface area is 283 Å². The molecule has 2 aromatic rings. The lowest BCUT2D eigenvalue weighted by atomic mass is 9.51. The molecule has 1 spiro atoms. The topological polar surface area (TPSA) is 62.2 Å². The van der Waals surface area contributed by atoms with Crippen molar-refractivity contribution >= 4 is 5.91 Å². The van der Waals surface area contributed by atoms with E-state index in [0.29, 0.717) is 30.2 Å². The highest BCUT2D eigenvalue weighted by atomic mass is 16.5. The molecule has 47 heavy (non-hydrogen) atoms. The largest absolute Gasteiger partial charge is 0.493 e. The van der Waals surface area contributed by atoms with Gasteiger partial charge in [0, 0.05) is 41.9 Å². The van der Waals surface area contributed by atoms with Gasteiger partial charge in [-0.2, -0.15) is 0 Å². The molecule has 0 aromatic heterocycles. The number of hydrogen-bond acceptors (Lipinski definition) is 5. The third-order valence-corrected chi connectivity index (χ3v) is 12.6. The molecule has 2 unspecified atom stereocenters. The highest BCUT2D eigenvalue weighted by Crippen LogP contribution is 2.64. The number of benzene rings is 2. The summed E-state index contributed by atoms with van der Waals surface area (Å²) in [7, 11) is 1.75. The van der Waals surface area contributed by atoms with Crippen LogP contribution in [0.3, 0.4) is 0 Å². The van der Waals surface area contributed by atoms with E-state index in [4.69, 9.17) is 9.47 Å². The van der Waals surface area contributed by atoms with Crippen LogP contribution in [0.1, 0.15) is 114 Å². The SMILES string of the molecule is COc1ccc2c3c1O[C@H]1[C@H](N(C(=O)CCCCCCCCCCc4ccccc4)C(C)C)CC[C@H]4[C@@H](C2)N(CC2CC2O)CC[C@@]341. The Bertz CT molecular complexity index is 1380. The fraction of sp³-hybridized carbons (Fsp3) is 0.683. The Morgan fingerprint density at radius 2 is 1.74 bits per heavy atom. The number of nitrogens with zero attached hydrogens (tertiary/aromatic N) is 2. The van der Waals surface area contributed by atoms with Gasteiger partial charge in [-0.15, -0.1) is 0 Å². The molecule has 1 N–H and O–H groups in total. The summed E-state index contributed by atoms with van der Waals surface area (Å²) >= 11 is 0. The second-order valence-corrected chi connectivity index (χ2v) is 15.7. The molecule has 3 fully saturated rings. The van der Waals surface area contributed by atoms with E-state index >= 15 is 0 Å². The third-order valence-electron chi connectivity index (χ3n) is 12.6. The van der Waals surface area contributed by atoms with E-state index in [1.165, 1.54) is 61.6 Å². The van der Waals surface area contributed by atoms with Gasteiger partial charge in [-0.1, -0.05) is 74.9 Å². The number of likely N-dealkylation sites (tertiary alicyclic amines) is 1. The zero-order chi connectivity index (χ0) is 32.5. The average Bonchev–Trinajstić information content (AvgIpc) is 3.65. The number of rotatable bonds is 16. The summed E-state index contributed by atoms with van der Waals surface area (Å²) in [5.74, 6) is 3.04. The normalized spacial score (nSPS) is 30.1. The van der Waals surface area contributed by atoms with E-state index in [2.05, 4.69) is 66.1 Å². The van der Waals surface area contributed by atoms with Crippen LogP contribution in [0.2, 0.25) is 0 Å². The predicted octanol–water partition coefficient (Wildman–Crippen LogP) is 7.47. The first-order chi connectivity index (χ1) is 22.9. The molecule has 2 saturated carbocycles. The molecular formula is C41H58N2O4. The van der Waals surface area contributed by atoms with Crippen LogP contribution in [0.5, 0.6) is 11.5 Å². The van der Waals surface area contributed by atoms with Gasteiger partial charge in [-0.3, -0.25) is 9.69 Å². The van der Waals surface area contributed by atoms with E-state index in [0.717, 1.165) is 69.5 Å². The second kappa shape index (κ2) is 14.1. The lowest BCUT2D eigenvalue weighted by Crippen LogP contribution is -2.69. The molecular weight excluding hydrogens is 584 g/mol. The first kappa shape index (κ1) is 33.0. The minimum Gasteiger partial charge on any atom is -0.493 e. The highest BCUT2D eigenvalue weighted by molar-refractivity contribution is 5.77. The van der Waals surface area contributed by atoms with Crippen molar-refractivity contribution in [3.05, 3.63) is 59.2 Å². The van der Waals surface area contributed by atoms with Crippen LogP contribution in [-0.2, 0) is 23.1 Å². The van der Waals surface area contributed by atoms with Crippen molar-refractivity contribution < 1.29 is 19.4 Å². The fourth-order valence-electron chi connectivity index (χ4n) is 10.3. The Kier molecular flexibility index (Phi) is 9.90. The molecule has 256 valence electrons. The number of amides is 1. The van der Waals surface area contributed by atoms with Crippen molar-refractivity contribution in [3.8, 4) is 11.5 Å². The van der Waals surface area contributed by atoms with E-state index in [1.54, 1.807) is 7.11 Å². The van der Waals surface area contributed by atoms with Crippen LogP contribution in [0.25, 0.3) is 0 Å². The van der Waals surface area contributed by atoms with Gasteiger partial charge in [-0.25, -0.2) is 0 Å². The van der Waals surface area contributed by atoms with Crippen molar-refractivity contribution in [2.45, 2.75) is 146 Å². The minimum absolute atomic E-state index is 0.0315. The molecule has 3 aliphatic carbocycles. The molecule has 1 amide bonds. The number of methoxy groups -OCH3 is 1. The van der Waals surface area contributed by atoms with E-state index in [-0.39, 0.29) is 29.7 Å². The van der Waals surface area contributed by atoms with Gasteiger partial charge in [0.15, 0.2) is 11.5 Å². The zero-order valence-electron chi connectivity index (χ0n) is 29.2. The monoisotopic (exact) mass is 642 g/mol. The molecule has 1 saturated heterocycles. The quantitative estimate of drug-likeness (QED) is 0.193. The Morgan fingerprint density at radius 1 is 1.02 bits per heavy atom. The molecule has 6 nitrogen and oxygen atoms in total. The molecule has 6 heteroatoms. The summed E-state index contributed by atoms with van der Waals surface area (Å²) in [5.41, 5.74) is 4.19. The summed E-state index contributed by atoms with van der Waals surface area (Å²) in [6.07, 6.45) is 16.7. The number of ether oxygens (including phenoxy) is 2. The van der Waals surface area contributed by atoms with Crippen molar-refractivity contribution in [1.29, 1.82) is 0 Å². The summed E-state index contributed by atoms with van der Waals surface area (Å²) in [6, 6.07) is 15.9. The van der Waals surface area contributed by atoms with Gasteiger partial charge >= 0.3 is 0 Å². The van der Waals surface area contributed by atoms with Crippen molar-refractivity contribution in [1.82, 2.24) is 9.80 Å². The van der Waals surface area contributed by atoms with Crippen LogP contribution >= 0.6 is 0 Å². The molecule has 5 aliphatic rings. The van der Waals surface area contributed by atoms with E-state index in [1.807, 2.05) is 0 Å². The molecule has 2 heterocycles. The first-order valence-electron chi connectivity index (χ1n) is 19.1. The van der Waals surface area contributed by atoms with Crippen LogP contribution in [0.4, 0.5) is 0 Å². The third kappa shape index (κ3) is 6.34. The minimum atomic E-state index is -0.114. The summed E-state index contributed by atoms with van der Waals surface area (Å²) in [5, 5.41) is 10.2. The highest BCUT2D eigenvalue weighted by Gasteiger charge is 2.67. The summed E-state index contributed by atoms with van der Waals surface area (Å²) in [6.45, 7) is 6.44. The predicted molar refractivity (Wildman–Crippen MR) is 187 cm³/mol. The smallest absolute Gasteiger partial charge is 0.223 e. The van der Waals surface area contributed by atoms with E-state index < -0.39 is 0 Å². The molecule has 7 atom stereocenters. The van der Waals surface area contributed by atoms with Gasteiger partial charge in [0.2, 0.25) is 5.91 Å². The van der Waals surface area contributed by atoms with Gasteiger partial charge in [-0.05, 0) is 94.9 Å². The van der Waals surface area contributed by atoms with Crippen molar-refractivity contribution in [3.63, 3.8) is 0 Å². The average molecular weight is 643 g/mol. The molecule has 2 aliphatic heterocycles. The van der Waals surface area contributed by atoms with Gasteiger partial charge in [0.05, 0.1) is 19.3 Å². The van der Waals surface area contributed by atoms with Crippen LogP contribution < -0.4 is 9.47 Å². The van der Waals surface area contributed by atoms with Crippen LogP contribution in [0, 0.1) is 11.8 Å². The maximum Gasteiger partial charge on any atom is 0.223 e.